The number of carbonyl (C=O) groups is 1. The molecule has 0 rings (SSSR count). The second kappa shape index (κ2) is 14.5. The lowest BCUT2D eigenvalue weighted by molar-refractivity contribution is -0.121. The summed E-state index contributed by atoms with van der Waals surface area (Å²) in [4.78, 5) is 11.3. The van der Waals surface area contributed by atoms with Crippen LogP contribution in [0.1, 0.15) is 90.9 Å². The topological polar surface area (TPSA) is 29.1 Å². The van der Waals surface area contributed by atoms with Gasteiger partial charge in [-0.15, -0.1) is 0 Å². The number of unbranched alkanes of at least 4 members (excludes halogenated alkanes) is 9. The van der Waals surface area contributed by atoms with E-state index in [9.17, 15) is 4.79 Å². The van der Waals surface area contributed by atoms with Crippen LogP contribution in [0.2, 0.25) is 0 Å². The summed E-state index contributed by atoms with van der Waals surface area (Å²) in [5.41, 5.74) is 0. The van der Waals surface area contributed by atoms with Gasteiger partial charge in [-0.1, -0.05) is 71.6 Å². The molecule has 0 unspecified atom stereocenters. The van der Waals surface area contributed by atoms with Crippen molar-refractivity contribution in [3.8, 4) is 0 Å². The average molecular weight is 255 g/mol. The Kier molecular flexibility index (Phi) is 14.1. The fourth-order valence-electron chi connectivity index (χ4n) is 2.09. The Hall–Kier alpha value is -0.530. The highest BCUT2D eigenvalue weighted by Gasteiger charge is 1.98. The van der Waals surface area contributed by atoms with Crippen LogP contribution in [-0.4, -0.2) is 12.5 Å². The van der Waals surface area contributed by atoms with E-state index in [4.69, 9.17) is 0 Å². The SMILES string of the molecule is CCCCCCCCCCCNC(=O)CCCC. The largest absolute Gasteiger partial charge is 0.356 e. The van der Waals surface area contributed by atoms with Gasteiger partial charge >= 0.3 is 0 Å². The van der Waals surface area contributed by atoms with Gasteiger partial charge in [-0.25, -0.2) is 0 Å². The molecule has 0 aliphatic heterocycles. The maximum absolute atomic E-state index is 11.3. The van der Waals surface area contributed by atoms with Crippen LogP contribution < -0.4 is 5.32 Å². The zero-order chi connectivity index (χ0) is 13.5. The van der Waals surface area contributed by atoms with Gasteiger partial charge in [-0.3, -0.25) is 4.79 Å². The normalized spacial score (nSPS) is 10.6. The zero-order valence-electron chi connectivity index (χ0n) is 12.6. The number of rotatable bonds is 13. The highest BCUT2D eigenvalue weighted by Crippen LogP contribution is 2.09. The monoisotopic (exact) mass is 255 g/mol. The van der Waals surface area contributed by atoms with Gasteiger partial charge in [0.2, 0.25) is 5.91 Å². The molecule has 1 N–H and O–H groups in total. The summed E-state index contributed by atoms with van der Waals surface area (Å²) in [6.45, 7) is 5.25. The van der Waals surface area contributed by atoms with Crippen molar-refractivity contribution in [2.24, 2.45) is 0 Å². The molecule has 108 valence electrons. The minimum absolute atomic E-state index is 0.233. The van der Waals surface area contributed by atoms with Crippen molar-refractivity contribution in [2.75, 3.05) is 6.54 Å². The maximum atomic E-state index is 11.3. The molecule has 0 aromatic rings. The van der Waals surface area contributed by atoms with E-state index in [0.717, 1.165) is 25.8 Å². The molecule has 0 saturated carbocycles. The first-order valence-corrected chi connectivity index (χ1v) is 8.08. The summed E-state index contributed by atoms with van der Waals surface area (Å²) in [5, 5.41) is 3.00. The summed E-state index contributed by atoms with van der Waals surface area (Å²) in [5.74, 6) is 0.233. The standard InChI is InChI=1S/C16H33NO/c1-3-5-7-8-9-10-11-12-13-15-17-16(18)14-6-4-2/h3-15H2,1-2H3,(H,17,18). The first-order chi connectivity index (χ1) is 8.81. The zero-order valence-corrected chi connectivity index (χ0v) is 12.6. The van der Waals surface area contributed by atoms with Crippen molar-refractivity contribution in [1.29, 1.82) is 0 Å². The number of hydrogen-bond acceptors (Lipinski definition) is 1. The third-order valence-corrected chi connectivity index (χ3v) is 3.36. The maximum Gasteiger partial charge on any atom is 0.219 e. The van der Waals surface area contributed by atoms with Gasteiger partial charge < -0.3 is 5.32 Å². The Morgan fingerprint density at radius 2 is 1.22 bits per heavy atom. The minimum atomic E-state index is 0.233. The highest BCUT2D eigenvalue weighted by molar-refractivity contribution is 5.75. The van der Waals surface area contributed by atoms with Crippen molar-refractivity contribution in [2.45, 2.75) is 90.9 Å². The van der Waals surface area contributed by atoms with Gasteiger partial charge in [0, 0.05) is 13.0 Å². The van der Waals surface area contributed by atoms with Crippen LogP contribution in [0.3, 0.4) is 0 Å². The summed E-state index contributed by atoms with van der Waals surface area (Å²) in [6.07, 6.45) is 14.9. The third kappa shape index (κ3) is 13.5. The second-order valence-electron chi connectivity index (χ2n) is 5.28. The molecule has 0 bridgehead atoms. The molecule has 18 heavy (non-hydrogen) atoms. The van der Waals surface area contributed by atoms with Crippen LogP contribution in [0, 0.1) is 0 Å². The van der Waals surface area contributed by atoms with E-state index in [0.29, 0.717) is 6.42 Å². The molecule has 0 aromatic carbocycles. The number of hydrogen-bond donors (Lipinski definition) is 1. The first-order valence-electron chi connectivity index (χ1n) is 8.08. The summed E-state index contributed by atoms with van der Waals surface area (Å²) in [7, 11) is 0. The van der Waals surface area contributed by atoms with Gasteiger partial charge in [0.1, 0.15) is 0 Å². The molecular formula is C16H33NO. The van der Waals surface area contributed by atoms with E-state index in [1.165, 1.54) is 51.4 Å². The van der Waals surface area contributed by atoms with Crippen LogP contribution in [0.4, 0.5) is 0 Å². The van der Waals surface area contributed by atoms with E-state index >= 15 is 0 Å². The lowest BCUT2D eigenvalue weighted by atomic mass is 10.1. The fourth-order valence-corrected chi connectivity index (χ4v) is 2.09. The summed E-state index contributed by atoms with van der Waals surface area (Å²) < 4.78 is 0. The summed E-state index contributed by atoms with van der Waals surface area (Å²) in [6, 6.07) is 0. The Morgan fingerprint density at radius 1 is 0.722 bits per heavy atom. The van der Waals surface area contributed by atoms with Crippen molar-refractivity contribution in [3.63, 3.8) is 0 Å². The molecule has 0 atom stereocenters. The van der Waals surface area contributed by atoms with Gasteiger partial charge in [0.25, 0.3) is 0 Å². The van der Waals surface area contributed by atoms with Crippen molar-refractivity contribution in [1.82, 2.24) is 5.32 Å². The van der Waals surface area contributed by atoms with Gasteiger partial charge in [-0.2, -0.15) is 0 Å². The molecule has 0 aliphatic rings. The number of carbonyl (C=O) groups excluding carboxylic acids is 1. The van der Waals surface area contributed by atoms with E-state index in [-0.39, 0.29) is 5.91 Å². The van der Waals surface area contributed by atoms with Crippen LogP contribution >= 0.6 is 0 Å². The molecule has 0 spiro atoms. The molecular weight excluding hydrogens is 222 g/mol. The molecule has 0 aliphatic carbocycles. The fraction of sp³-hybridized carbons (Fsp3) is 0.938. The lowest BCUT2D eigenvalue weighted by Gasteiger charge is -2.04. The highest BCUT2D eigenvalue weighted by atomic mass is 16.1. The van der Waals surface area contributed by atoms with Gasteiger partial charge in [0.15, 0.2) is 0 Å². The van der Waals surface area contributed by atoms with E-state index in [1.807, 2.05) is 0 Å². The minimum Gasteiger partial charge on any atom is -0.356 e. The molecule has 1 amide bonds. The van der Waals surface area contributed by atoms with Gasteiger partial charge in [-0.05, 0) is 12.8 Å². The summed E-state index contributed by atoms with van der Waals surface area (Å²) >= 11 is 0. The Bertz CT molecular complexity index is 180. The second-order valence-corrected chi connectivity index (χ2v) is 5.28. The molecule has 0 saturated heterocycles. The Labute approximate surface area is 114 Å². The van der Waals surface area contributed by atoms with Crippen LogP contribution in [0.25, 0.3) is 0 Å². The first kappa shape index (κ1) is 17.5. The van der Waals surface area contributed by atoms with E-state index in [1.54, 1.807) is 0 Å². The van der Waals surface area contributed by atoms with E-state index < -0.39 is 0 Å². The quantitative estimate of drug-likeness (QED) is 0.469. The number of nitrogens with one attached hydrogen (secondary N) is 1. The predicted molar refractivity (Wildman–Crippen MR) is 79.8 cm³/mol. The number of amides is 1. The molecule has 0 aromatic heterocycles. The molecule has 0 radical (unpaired) electrons. The lowest BCUT2D eigenvalue weighted by Crippen LogP contribution is -2.23. The predicted octanol–water partition coefficient (Wildman–Crippen LogP) is 4.82. The van der Waals surface area contributed by atoms with Crippen LogP contribution in [-0.2, 0) is 4.79 Å². The van der Waals surface area contributed by atoms with Crippen molar-refractivity contribution >= 4 is 5.91 Å². The molecule has 2 heteroatoms. The molecule has 0 fully saturated rings. The Balaban J connectivity index is 3.04. The molecule has 2 nitrogen and oxygen atoms in total. The van der Waals surface area contributed by atoms with Crippen LogP contribution in [0.5, 0.6) is 0 Å². The average Bonchev–Trinajstić information content (AvgIpc) is 2.38. The van der Waals surface area contributed by atoms with Gasteiger partial charge in [0.05, 0.1) is 0 Å². The smallest absolute Gasteiger partial charge is 0.219 e. The van der Waals surface area contributed by atoms with E-state index in [2.05, 4.69) is 19.2 Å². The third-order valence-electron chi connectivity index (χ3n) is 3.36. The van der Waals surface area contributed by atoms with Crippen LogP contribution in [0.15, 0.2) is 0 Å². The Morgan fingerprint density at radius 3 is 1.78 bits per heavy atom. The van der Waals surface area contributed by atoms with Crippen molar-refractivity contribution < 1.29 is 4.79 Å². The van der Waals surface area contributed by atoms with Crippen molar-refractivity contribution in [3.05, 3.63) is 0 Å². The molecule has 0 heterocycles.